The van der Waals surface area contributed by atoms with E-state index in [0.717, 1.165) is 11.3 Å². The third-order valence-corrected chi connectivity index (χ3v) is 5.37. The fourth-order valence-corrected chi connectivity index (χ4v) is 3.73. The Morgan fingerprint density at radius 2 is 1.69 bits per heavy atom. The van der Waals surface area contributed by atoms with Crippen LogP contribution in [0, 0.1) is 5.82 Å². The third kappa shape index (κ3) is 7.04. The molecule has 0 saturated carbocycles. The molecule has 35 heavy (non-hydrogen) atoms. The Labute approximate surface area is 205 Å². The highest BCUT2D eigenvalue weighted by molar-refractivity contribution is 5.94. The molecule has 0 atom stereocenters. The van der Waals surface area contributed by atoms with Gasteiger partial charge in [-0.15, -0.1) is 0 Å². The molecule has 1 N–H and O–H groups in total. The zero-order valence-electron chi connectivity index (χ0n) is 20.4. The number of methoxy groups -OCH3 is 2. The van der Waals surface area contributed by atoms with Crippen molar-refractivity contribution in [1.82, 2.24) is 4.90 Å². The molecule has 2 amide bonds. The molecule has 0 aromatic heterocycles. The number of ether oxygens (including phenoxy) is 2. The molecule has 7 nitrogen and oxygen atoms in total. The molecule has 0 spiro atoms. The zero-order valence-corrected chi connectivity index (χ0v) is 20.4. The molecule has 3 rings (SSSR count). The van der Waals surface area contributed by atoms with E-state index in [2.05, 4.69) is 5.32 Å². The molecule has 0 unspecified atom stereocenters. The van der Waals surface area contributed by atoms with Gasteiger partial charge in [0.2, 0.25) is 5.91 Å². The van der Waals surface area contributed by atoms with Crippen LogP contribution >= 0.6 is 0 Å². The highest BCUT2D eigenvalue weighted by Crippen LogP contribution is 2.26. The van der Waals surface area contributed by atoms with E-state index < -0.39 is 0 Å². The number of hydrogen-bond donors (Lipinski definition) is 1. The van der Waals surface area contributed by atoms with Crippen LogP contribution in [0.25, 0.3) is 0 Å². The summed E-state index contributed by atoms with van der Waals surface area (Å²) < 4.78 is 24.0. The molecule has 0 aliphatic rings. The second kappa shape index (κ2) is 12.0. The number of benzene rings is 3. The Hall–Kier alpha value is -3.91. The van der Waals surface area contributed by atoms with E-state index in [-0.39, 0.29) is 37.3 Å². The van der Waals surface area contributed by atoms with E-state index >= 15 is 0 Å². The monoisotopic (exact) mass is 479 g/mol. The van der Waals surface area contributed by atoms with Crippen molar-refractivity contribution in [2.45, 2.75) is 13.1 Å². The molecule has 0 saturated heterocycles. The predicted molar refractivity (Wildman–Crippen MR) is 134 cm³/mol. The standard InChI is InChI=1S/C27H30FN3O4/c1-30(2)25-13-10-23(29-26(32)18-34-3)15-21(25)17-31(16-19-6-5-7-22(28)14-19)27(33)20-8-11-24(35-4)12-9-20/h5-15H,16-18H2,1-4H3,(H,29,32). The van der Waals surface area contributed by atoms with Crippen molar-refractivity contribution in [3.05, 3.63) is 89.2 Å². The quantitative estimate of drug-likeness (QED) is 0.469. The van der Waals surface area contributed by atoms with Gasteiger partial charge in [-0.05, 0) is 65.7 Å². The molecule has 0 fully saturated rings. The average molecular weight is 480 g/mol. The van der Waals surface area contributed by atoms with Gasteiger partial charge in [0.25, 0.3) is 5.91 Å². The van der Waals surface area contributed by atoms with E-state index in [9.17, 15) is 14.0 Å². The molecule has 3 aromatic carbocycles. The first-order valence-corrected chi connectivity index (χ1v) is 11.1. The number of hydrogen-bond acceptors (Lipinski definition) is 5. The number of halogens is 1. The normalized spacial score (nSPS) is 10.5. The first-order valence-electron chi connectivity index (χ1n) is 11.1. The first-order chi connectivity index (χ1) is 16.8. The van der Waals surface area contributed by atoms with Crippen LogP contribution in [0.15, 0.2) is 66.7 Å². The minimum Gasteiger partial charge on any atom is -0.497 e. The van der Waals surface area contributed by atoms with Crippen LogP contribution in [0.5, 0.6) is 5.75 Å². The van der Waals surface area contributed by atoms with E-state index in [1.165, 1.54) is 19.2 Å². The first kappa shape index (κ1) is 25.7. The van der Waals surface area contributed by atoms with Crippen molar-refractivity contribution in [3.8, 4) is 5.75 Å². The van der Waals surface area contributed by atoms with Crippen molar-refractivity contribution in [2.24, 2.45) is 0 Å². The van der Waals surface area contributed by atoms with Gasteiger partial charge in [0.1, 0.15) is 18.2 Å². The lowest BCUT2D eigenvalue weighted by molar-refractivity contribution is -0.119. The van der Waals surface area contributed by atoms with Crippen LogP contribution in [0.1, 0.15) is 21.5 Å². The number of carbonyl (C=O) groups is 2. The second-order valence-corrected chi connectivity index (χ2v) is 8.24. The number of nitrogens with one attached hydrogen (secondary N) is 1. The lowest BCUT2D eigenvalue weighted by Crippen LogP contribution is -2.31. The maximum absolute atomic E-state index is 13.9. The zero-order chi connectivity index (χ0) is 25.4. The van der Waals surface area contributed by atoms with Crippen LogP contribution in [-0.4, -0.2) is 51.6 Å². The van der Waals surface area contributed by atoms with Gasteiger partial charge < -0.3 is 24.6 Å². The summed E-state index contributed by atoms with van der Waals surface area (Å²) in [4.78, 5) is 29.2. The summed E-state index contributed by atoms with van der Waals surface area (Å²) >= 11 is 0. The molecular weight excluding hydrogens is 449 g/mol. The molecule has 3 aromatic rings. The van der Waals surface area contributed by atoms with Crippen LogP contribution in [0.3, 0.4) is 0 Å². The summed E-state index contributed by atoms with van der Waals surface area (Å²) in [5.41, 5.74) is 3.46. The van der Waals surface area contributed by atoms with Gasteiger partial charge in [-0.3, -0.25) is 9.59 Å². The third-order valence-electron chi connectivity index (χ3n) is 5.37. The number of rotatable bonds is 10. The highest BCUT2D eigenvalue weighted by atomic mass is 19.1. The van der Waals surface area contributed by atoms with Gasteiger partial charge in [-0.25, -0.2) is 4.39 Å². The maximum atomic E-state index is 13.9. The predicted octanol–water partition coefficient (Wildman–Crippen LogP) is 4.33. The molecule has 0 radical (unpaired) electrons. The Morgan fingerprint density at radius 1 is 0.943 bits per heavy atom. The largest absolute Gasteiger partial charge is 0.497 e. The summed E-state index contributed by atoms with van der Waals surface area (Å²) in [7, 11) is 6.83. The van der Waals surface area contributed by atoms with Gasteiger partial charge in [0, 0.05) is 51.2 Å². The topological polar surface area (TPSA) is 71.1 Å². The fourth-order valence-electron chi connectivity index (χ4n) is 3.73. The lowest BCUT2D eigenvalue weighted by atomic mass is 10.1. The van der Waals surface area contributed by atoms with Crippen molar-refractivity contribution < 1.29 is 23.5 Å². The minimum absolute atomic E-state index is 0.0631. The van der Waals surface area contributed by atoms with Crippen LogP contribution in [0.4, 0.5) is 15.8 Å². The molecule has 8 heteroatoms. The van der Waals surface area contributed by atoms with Crippen molar-refractivity contribution >= 4 is 23.2 Å². The van der Waals surface area contributed by atoms with Crippen molar-refractivity contribution in [3.63, 3.8) is 0 Å². The molecular formula is C27H30FN3O4. The molecule has 0 aliphatic heterocycles. The summed E-state index contributed by atoms with van der Waals surface area (Å²) in [5.74, 6) is -0.207. The van der Waals surface area contributed by atoms with Gasteiger partial charge in [0.15, 0.2) is 0 Å². The molecule has 0 aliphatic carbocycles. The van der Waals surface area contributed by atoms with Gasteiger partial charge in [-0.2, -0.15) is 0 Å². The number of anilines is 2. The Bertz CT molecular complexity index is 1170. The fraction of sp³-hybridized carbons (Fsp3) is 0.259. The summed E-state index contributed by atoms with van der Waals surface area (Å²) in [6.45, 7) is 0.380. The molecule has 184 valence electrons. The SMILES string of the molecule is COCC(=O)Nc1ccc(N(C)C)c(CN(Cc2cccc(F)c2)C(=O)c2ccc(OC)cc2)c1. The Morgan fingerprint density at radius 3 is 2.31 bits per heavy atom. The number of carbonyl (C=O) groups excluding carboxylic acids is 2. The maximum Gasteiger partial charge on any atom is 0.254 e. The van der Waals surface area contributed by atoms with E-state index in [1.54, 1.807) is 54.5 Å². The van der Waals surface area contributed by atoms with E-state index in [4.69, 9.17) is 9.47 Å². The van der Waals surface area contributed by atoms with E-state index in [0.29, 0.717) is 22.6 Å². The van der Waals surface area contributed by atoms with Gasteiger partial charge in [0.05, 0.1) is 7.11 Å². The number of nitrogens with zero attached hydrogens (tertiary/aromatic N) is 2. The Kier molecular flexibility index (Phi) is 8.80. The summed E-state index contributed by atoms with van der Waals surface area (Å²) in [6, 6.07) is 18.6. The summed E-state index contributed by atoms with van der Waals surface area (Å²) in [6.07, 6.45) is 0. The van der Waals surface area contributed by atoms with E-state index in [1.807, 2.05) is 31.1 Å². The number of amides is 2. The average Bonchev–Trinajstić information content (AvgIpc) is 2.83. The van der Waals surface area contributed by atoms with Gasteiger partial charge in [-0.1, -0.05) is 12.1 Å². The highest BCUT2D eigenvalue weighted by Gasteiger charge is 2.20. The Balaban J connectivity index is 1.97. The second-order valence-electron chi connectivity index (χ2n) is 8.24. The smallest absolute Gasteiger partial charge is 0.254 e. The minimum atomic E-state index is -0.365. The van der Waals surface area contributed by atoms with Crippen LogP contribution in [-0.2, 0) is 22.6 Å². The summed E-state index contributed by atoms with van der Waals surface area (Å²) in [5, 5.41) is 2.80. The van der Waals surface area contributed by atoms with Crippen molar-refractivity contribution in [1.29, 1.82) is 0 Å². The van der Waals surface area contributed by atoms with Crippen LogP contribution in [0.2, 0.25) is 0 Å². The molecule has 0 heterocycles. The lowest BCUT2D eigenvalue weighted by Gasteiger charge is -2.27. The van der Waals surface area contributed by atoms with Gasteiger partial charge >= 0.3 is 0 Å². The van der Waals surface area contributed by atoms with Crippen LogP contribution < -0.4 is 15.0 Å². The van der Waals surface area contributed by atoms with Crippen molar-refractivity contribution in [2.75, 3.05) is 45.1 Å². The molecule has 0 bridgehead atoms.